The normalized spacial score (nSPS) is 33.2. The van der Waals surface area contributed by atoms with Crippen molar-refractivity contribution in [3.8, 4) is 0 Å². The van der Waals surface area contributed by atoms with E-state index in [4.69, 9.17) is 10.5 Å². The Morgan fingerprint density at radius 1 is 1.58 bits per heavy atom. The standard InChI is InChI=1S/C10H21NO/c1-3-8(2)6-9-7-12-5-4-10(9)11/h8-10H,3-7,11H2,1-2H3. The van der Waals surface area contributed by atoms with Gasteiger partial charge < -0.3 is 10.5 Å². The van der Waals surface area contributed by atoms with E-state index in [0.717, 1.165) is 25.6 Å². The molecule has 3 atom stereocenters. The lowest BCUT2D eigenvalue weighted by molar-refractivity contribution is 0.0330. The predicted molar refractivity (Wildman–Crippen MR) is 51.0 cm³/mol. The molecule has 0 bridgehead atoms. The Morgan fingerprint density at radius 3 is 2.92 bits per heavy atom. The van der Waals surface area contributed by atoms with E-state index < -0.39 is 0 Å². The maximum Gasteiger partial charge on any atom is 0.0509 e. The van der Waals surface area contributed by atoms with Crippen molar-refractivity contribution in [3.05, 3.63) is 0 Å². The first-order chi connectivity index (χ1) is 5.74. The molecule has 0 aliphatic carbocycles. The van der Waals surface area contributed by atoms with Gasteiger partial charge in [-0.15, -0.1) is 0 Å². The lowest BCUT2D eigenvalue weighted by atomic mass is 9.87. The molecule has 0 aromatic heterocycles. The molecule has 12 heavy (non-hydrogen) atoms. The van der Waals surface area contributed by atoms with Crippen LogP contribution in [0.25, 0.3) is 0 Å². The Balaban J connectivity index is 2.28. The van der Waals surface area contributed by atoms with Crippen molar-refractivity contribution in [1.82, 2.24) is 0 Å². The largest absolute Gasteiger partial charge is 0.381 e. The smallest absolute Gasteiger partial charge is 0.0509 e. The third kappa shape index (κ3) is 2.76. The van der Waals surface area contributed by atoms with Crippen LogP contribution in [0.2, 0.25) is 0 Å². The summed E-state index contributed by atoms with van der Waals surface area (Å²) in [4.78, 5) is 0. The summed E-state index contributed by atoms with van der Waals surface area (Å²) in [5, 5.41) is 0. The summed E-state index contributed by atoms with van der Waals surface area (Å²) in [6.07, 6.45) is 3.53. The van der Waals surface area contributed by atoms with E-state index in [0.29, 0.717) is 12.0 Å². The molecular weight excluding hydrogens is 150 g/mol. The van der Waals surface area contributed by atoms with E-state index >= 15 is 0 Å². The molecule has 0 aromatic carbocycles. The van der Waals surface area contributed by atoms with Gasteiger partial charge in [-0.1, -0.05) is 20.3 Å². The van der Waals surface area contributed by atoms with E-state index in [9.17, 15) is 0 Å². The molecule has 0 amide bonds. The van der Waals surface area contributed by atoms with Crippen LogP contribution in [0.3, 0.4) is 0 Å². The van der Waals surface area contributed by atoms with Gasteiger partial charge in [0, 0.05) is 12.6 Å². The average Bonchev–Trinajstić information content (AvgIpc) is 2.09. The Kier molecular flexibility index (Phi) is 4.02. The van der Waals surface area contributed by atoms with Crippen molar-refractivity contribution in [2.75, 3.05) is 13.2 Å². The molecule has 3 unspecified atom stereocenters. The van der Waals surface area contributed by atoms with Gasteiger partial charge in [-0.2, -0.15) is 0 Å². The molecule has 0 radical (unpaired) electrons. The fourth-order valence-corrected chi connectivity index (χ4v) is 1.74. The molecule has 1 rings (SSSR count). The highest BCUT2D eigenvalue weighted by Gasteiger charge is 2.23. The summed E-state index contributed by atoms with van der Waals surface area (Å²) in [7, 11) is 0. The Bertz CT molecular complexity index is 127. The van der Waals surface area contributed by atoms with E-state index in [-0.39, 0.29) is 0 Å². The summed E-state index contributed by atoms with van der Waals surface area (Å²) in [5.74, 6) is 1.40. The van der Waals surface area contributed by atoms with E-state index in [1.54, 1.807) is 0 Å². The van der Waals surface area contributed by atoms with Crippen LogP contribution in [0.5, 0.6) is 0 Å². The summed E-state index contributed by atoms with van der Waals surface area (Å²) >= 11 is 0. The van der Waals surface area contributed by atoms with Gasteiger partial charge in [0.05, 0.1) is 6.61 Å². The molecule has 0 saturated carbocycles. The third-order valence-corrected chi connectivity index (χ3v) is 2.93. The summed E-state index contributed by atoms with van der Waals surface area (Å²) < 4.78 is 5.42. The molecule has 1 saturated heterocycles. The van der Waals surface area contributed by atoms with Gasteiger partial charge in [0.25, 0.3) is 0 Å². The topological polar surface area (TPSA) is 35.2 Å². The number of nitrogens with two attached hydrogens (primary N) is 1. The highest BCUT2D eigenvalue weighted by Crippen LogP contribution is 2.22. The molecule has 0 aromatic rings. The second-order valence-corrected chi connectivity index (χ2v) is 4.04. The van der Waals surface area contributed by atoms with Crippen molar-refractivity contribution in [2.24, 2.45) is 17.6 Å². The second kappa shape index (κ2) is 4.83. The first-order valence-corrected chi connectivity index (χ1v) is 5.07. The van der Waals surface area contributed by atoms with Gasteiger partial charge in [0.2, 0.25) is 0 Å². The molecular formula is C10H21NO. The number of hydrogen-bond acceptors (Lipinski definition) is 2. The Morgan fingerprint density at radius 2 is 2.33 bits per heavy atom. The minimum Gasteiger partial charge on any atom is -0.381 e. The van der Waals surface area contributed by atoms with Gasteiger partial charge in [-0.05, 0) is 24.7 Å². The molecule has 1 heterocycles. The minimum absolute atomic E-state index is 0.382. The van der Waals surface area contributed by atoms with Crippen LogP contribution < -0.4 is 5.73 Å². The van der Waals surface area contributed by atoms with E-state index in [1.165, 1.54) is 12.8 Å². The van der Waals surface area contributed by atoms with Gasteiger partial charge in [0.1, 0.15) is 0 Å². The Hall–Kier alpha value is -0.0800. The summed E-state index contributed by atoms with van der Waals surface area (Å²) in [6, 6.07) is 0.382. The molecule has 1 fully saturated rings. The van der Waals surface area contributed by atoms with Gasteiger partial charge >= 0.3 is 0 Å². The zero-order valence-electron chi connectivity index (χ0n) is 8.25. The molecule has 2 heteroatoms. The minimum atomic E-state index is 0.382. The maximum atomic E-state index is 6.00. The SMILES string of the molecule is CCC(C)CC1COCCC1N. The van der Waals surface area contributed by atoms with E-state index in [2.05, 4.69) is 13.8 Å². The molecule has 2 nitrogen and oxygen atoms in total. The van der Waals surface area contributed by atoms with Crippen LogP contribution in [0, 0.1) is 11.8 Å². The van der Waals surface area contributed by atoms with Crippen LogP contribution >= 0.6 is 0 Å². The molecule has 1 aliphatic rings. The van der Waals surface area contributed by atoms with Gasteiger partial charge in [-0.25, -0.2) is 0 Å². The lowest BCUT2D eigenvalue weighted by Crippen LogP contribution is -2.39. The van der Waals surface area contributed by atoms with Crippen molar-refractivity contribution in [2.45, 2.75) is 39.2 Å². The van der Waals surface area contributed by atoms with Crippen molar-refractivity contribution < 1.29 is 4.74 Å². The fourth-order valence-electron chi connectivity index (χ4n) is 1.74. The zero-order chi connectivity index (χ0) is 8.97. The van der Waals surface area contributed by atoms with Crippen LogP contribution in [0.1, 0.15) is 33.1 Å². The molecule has 2 N–H and O–H groups in total. The molecule has 0 spiro atoms. The summed E-state index contributed by atoms with van der Waals surface area (Å²) in [5.41, 5.74) is 6.00. The maximum absolute atomic E-state index is 6.00. The highest BCUT2D eigenvalue weighted by atomic mass is 16.5. The van der Waals surface area contributed by atoms with Crippen LogP contribution in [0.15, 0.2) is 0 Å². The van der Waals surface area contributed by atoms with Crippen LogP contribution in [0.4, 0.5) is 0 Å². The van der Waals surface area contributed by atoms with Crippen LogP contribution in [-0.2, 0) is 4.74 Å². The number of rotatable bonds is 3. The van der Waals surface area contributed by atoms with Crippen LogP contribution in [-0.4, -0.2) is 19.3 Å². The monoisotopic (exact) mass is 171 g/mol. The summed E-state index contributed by atoms with van der Waals surface area (Å²) in [6.45, 7) is 6.27. The van der Waals surface area contributed by atoms with Crippen molar-refractivity contribution in [3.63, 3.8) is 0 Å². The van der Waals surface area contributed by atoms with Gasteiger partial charge in [0.15, 0.2) is 0 Å². The predicted octanol–water partition coefficient (Wildman–Crippen LogP) is 1.79. The zero-order valence-corrected chi connectivity index (χ0v) is 8.25. The highest BCUT2D eigenvalue weighted by molar-refractivity contribution is 4.77. The molecule has 1 aliphatic heterocycles. The second-order valence-electron chi connectivity index (χ2n) is 4.04. The first-order valence-electron chi connectivity index (χ1n) is 5.07. The third-order valence-electron chi connectivity index (χ3n) is 2.93. The number of hydrogen-bond donors (Lipinski definition) is 1. The van der Waals surface area contributed by atoms with Crippen molar-refractivity contribution >= 4 is 0 Å². The average molecular weight is 171 g/mol. The number of ether oxygens (including phenoxy) is 1. The van der Waals surface area contributed by atoms with Gasteiger partial charge in [-0.3, -0.25) is 0 Å². The van der Waals surface area contributed by atoms with E-state index in [1.807, 2.05) is 0 Å². The Labute approximate surface area is 75.5 Å². The lowest BCUT2D eigenvalue weighted by Gasteiger charge is -2.30. The quantitative estimate of drug-likeness (QED) is 0.702. The first kappa shape index (κ1) is 10.0. The van der Waals surface area contributed by atoms with Crippen molar-refractivity contribution in [1.29, 1.82) is 0 Å². The molecule has 72 valence electrons. The fraction of sp³-hybridized carbons (Fsp3) is 1.00.